The third-order valence-electron chi connectivity index (χ3n) is 4.78. The van der Waals surface area contributed by atoms with Crippen molar-refractivity contribution in [2.75, 3.05) is 7.05 Å². The fourth-order valence-corrected chi connectivity index (χ4v) is 3.20. The molecule has 4 nitrogen and oxygen atoms in total. The van der Waals surface area contributed by atoms with Gasteiger partial charge in [0, 0.05) is 25.2 Å². The molecule has 0 radical (unpaired) electrons. The van der Waals surface area contributed by atoms with Crippen molar-refractivity contribution in [3.8, 4) is 11.3 Å². The number of benzene rings is 1. The Hall–Kier alpha value is -2.62. The molecule has 4 heteroatoms. The highest BCUT2D eigenvalue weighted by Gasteiger charge is 2.18. The average molecular weight is 349 g/mol. The van der Waals surface area contributed by atoms with Crippen LogP contribution < -0.4 is 0 Å². The first-order chi connectivity index (χ1) is 12.5. The SMILES string of the molecule is CCCC(=O)N(C)Cc1c(-c2ccc(CC)cc2)nc2ccc(C)cn12. The van der Waals surface area contributed by atoms with E-state index in [0.717, 1.165) is 35.4 Å². The summed E-state index contributed by atoms with van der Waals surface area (Å²) in [6.07, 6.45) is 4.55. The standard InChI is InChI=1S/C22H27N3O/c1-5-7-21(26)24(4)15-19-22(18-11-9-17(6-2)10-12-18)23-20-13-8-16(3)14-25(19)20/h8-14H,5-7,15H2,1-4H3. The highest BCUT2D eigenvalue weighted by atomic mass is 16.2. The third-order valence-corrected chi connectivity index (χ3v) is 4.78. The van der Waals surface area contributed by atoms with Crippen molar-refractivity contribution in [2.24, 2.45) is 0 Å². The molecular formula is C22H27N3O. The summed E-state index contributed by atoms with van der Waals surface area (Å²) in [4.78, 5) is 19.0. The lowest BCUT2D eigenvalue weighted by Gasteiger charge is -2.18. The van der Waals surface area contributed by atoms with Crippen LogP contribution in [0.25, 0.3) is 16.9 Å². The van der Waals surface area contributed by atoms with Crippen LogP contribution in [0.4, 0.5) is 0 Å². The molecule has 1 amide bonds. The van der Waals surface area contributed by atoms with E-state index in [1.165, 1.54) is 11.1 Å². The van der Waals surface area contributed by atoms with E-state index in [-0.39, 0.29) is 5.91 Å². The Bertz CT molecular complexity index is 909. The van der Waals surface area contributed by atoms with Gasteiger partial charge in [-0.3, -0.25) is 4.79 Å². The minimum Gasteiger partial charge on any atom is -0.340 e. The Kier molecular flexibility index (Phi) is 5.40. The molecule has 26 heavy (non-hydrogen) atoms. The van der Waals surface area contributed by atoms with E-state index < -0.39 is 0 Å². The summed E-state index contributed by atoms with van der Waals surface area (Å²) in [5.41, 5.74) is 6.50. The van der Waals surface area contributed by atoms with Gasteiger partial charge in [0.1, 0.15) is 5.65 Å². The highest BCUT2D eigenvalue weighted by Crippen LogP contribution is 2.26. The second kappa shape index (κ2) is 7.73. The van der Waals surface area contributed by atoms with Gasteiger partial charge in [-0.25, -0.2) is 4.98 Å². The quantitative estimate of drug-likeness (QED) is 0.651. The summed E-state index contributed by atoms with van der Waals surface area (Å²) in [5, 5.41) is 0. The average Bonchev–Trinajstić information content (AvgIpc) is 2.99. The molecule has 0 fully saturated rings. The normalized spacial score (nSPS) is 11.1. The molecule has 1 aromatic carbocycles. The van der Waals surface area contributed by atoms with E-state index in [1.54, 1.807) is 4.90 Å². The van der Waals surface area contributed by atoms with Gasteiger partial charge in [-0.15, -0.1) is 0 Å². The van der Waals surface area contributed by atoms with Gasteiger partial charge >= 0.3 is 0 Å². The topological polar surface area (TPSA) is 37.6 Å². The van der Waals surface area contributed by atoms with Crippen molar-refractivity contribution in [1.82, 2.24) is 14.3 Å². The van der Waals surface area contributed by atoms with Crippen molar-refractivity contribution in [3.63, 3.8) is 0 Å². The van der Waals surface area contributed by atoms with Gasteiger partial charge in [-0.05, 0) is 37.0 Å². The number of aromatic nitrogens is 2. The molecule has 2 aromatic heterocycles. The van der Waals surface area contributed by atoms with Gasteiger partial charge in [0.05, 0.1) is 17.9 Å². The van der Waals surface area contributed by atoms with Gasteiger partial charge in [-0.1, -0.05) is 44.2 Å². The highest BCUT2D eigenvalue weighted by molar-refractivity contribution is 5.76. The number of fused-ring (bicyclic) bond motifs is 1. The zero-order valence-electron chi connectivity index (χ0n) is 16.1. The van der Waals surface area contributed by atoms with E-state index in [2.05, 4.69) is 54.8 Å². The number of carbonyl (C=O) groups excluding carboxylic acids is 1. The number of rotatable bonds is 6. The zero-order chi connectivity index (χ0) is 18.7. The maximum atomic E-state index is 12.3. The number of hydrogen-bond donors (Lipinski definition) is 0. The van der Waals surface area contributed by atoms with Crippen LogP contribution in [0, 0.1) is 6.92 Å². The Morgan fingerprint density at radius 2 is 1.85 bits per heavy atom. The number of hydrogen-bond acceptors (Lipinski definition) is 2. The first-order valence-corrected chi connectivity index (χ1v) is 9.34. The summed E-state index contributed by atoms with van der Waals surface area (Å²) in [5.74, 6) is 0.169. The summed E-state index contributed by atoms with van der Waals surface area (Å²) in [7, 11) is 1.87. The van der Waals surface area contributed by atoms with Crippen molar-refractivity contribution < 1.29 is 4.79 Å². The molecule has 0 bridgehead atoms. The van der Waals surface area contributed by atoms with Gasteiger partial charge in [0.2, 0.25) is 5.91 Å². The monoisotopic (exact) mass is 349 g/mol. The van der Waals surface area contributed by atoms with E-state index >= 15 is 0 Å². The number of imidazole rings is 1. The maximum absolute atomic E-state index is 12.3. The predicted octanol–water partition coefficient (Wildman–Crippen LogP) is 4.63. The summed E-state index contributed by atoms with van der Waals surface area (Å²) >= 11 is 0. The fourth-order valence-electron chi connectivity index (χ4n) is 3.20. The second-order valence-electron chi connectivity index (χ2n) is 6.89. The van der Waals surface area contributed by atoms with Crippen LogP contribution in [0.2, 0.25) is 0 Å². The Labute approximate surface area is 155 Å². The minimum atomic E-state index is 0.169. The van der Waals surface area contributed by atoms with Crippen LogP contribution in [0.3, 0.4) is 0 Å². The van der Waals surface area contributed by atoms with Crippen molar-refractivity contribution in [2.45, 2.75) is 46.6 Å². The summed E-state index contributed by atoms with van der Waals surface area (Å²) < 4.78 is 2.12. The molecule has 0 aliphatic rings. The van der Waals surface area contributed by atoms with Crippen molar-refractivity contribution >= 4 is 11.6 Å². The maximum Gasteiger partial charge on any atom is 0.222 e. The predicted molar refractivity (Wildman–Crippen MR) is 106 cm³/mol. The molecule has 0 atom stereocenters. The molecule has 0 unspecified atom stereocenters. The number of nitrogens with zero attached hydrogens (tertiary/aromatic N) is 3. The lowest BCUT2D eigenvalue weighted by atomic mass is 10.1. The van der Waals surface area contributed by atoms with E-state index in [0.29, 0.717) is 13.0 Å². The number of carbonyl (C=O) groups is 1. The molecular weight excluding hydrogens is 322 g/mol. The van der Waals surface area contributed by atoms with Gasteiger partial charge < -0.3 is 9.30 Å². The zero-order valence-corrected chi connectivity index (χ0v) is 16.1. The Morgan fingerprint density at radius 3 is 2.50 bits per heavy atom. The molecule has 0 saturated carbocycles. The van der Waals surface area contributed by atoms with Crippen LogP contribution in [-0.4, -0.2) is 27.2 Å². The smallest absolute Gasteiger partial charge is 0.222 e. The van der Waals surface area contributed by atoms with Gasteiger partial charge in [0.15, 0.2) is 0 Å². The minimum absolute atomic E-state index is 0.169. The number of aryl methyl sites for hydroxylation is 2. The molecule has 0 aliphatic carbocycles. The lowest BCUT2D eigenvalue weighted by Crippen LogP contribution is -2.26. The van der Waals surface area contributed by atoms with Crippen LogP contribution in [0.5, 0.6) is 0 Å². The van der Waals surface area contributed by atoms with Crippen molar-refractivity contribution in [1.29, 1.82) is 0 Å². The molecule has 3 rings (SSSR count). The molecule has 2 heterocycles. The van der Waals surface area contributed by atoms with Crippen molar-refractivity contribution in [3.05, 3.63) is 59.4 Å². The molecule has 0 spiro atoms. The van der Waals surface area contributed by atoms with Crippen LogP contribution in [0.1, 0.15) is 43.5 Å². The summed E-state index contributed by atoms with van der Waals surface area (Å²) in [6, 6.07) is 12.7. The van der Waals surface area contributed by atoms with E-state index in [9.17, 15) is 4.79 Å². The van der Waals surface area contributed by atoms with Gasteiger partial charge in [-0.2, -0.15) is 0 Å². The molecule has 0 saturated heterocycles. The second-order valence-corrected chi connectivity index (χ2v) is 6.89. The van der Waals surface area contributed by atoms with Crippen LogP contribution in [0.15, 0.2) is 42.6 Å². The van der Waals surface area contributed by atoms with Crippen LogP contribution >= 0.6 is 0 Å². The molecule has 0 aliphatic heterocycles. The van der Waals surface area contributed by atoms with Gasteiger partial charge in [0.25, 0.3) is 0 Å². The lowest BCUT2D eigenvalue weighted by molar-refractivity contribution is -0.130. The summed E-state index contributed by atoms with van der Waals surface area (Å²) in [6.45, 7) is 6.81. The Morgan fingerprint density at radius 1 is 1.12 bits per heavy atom. The van der Waals surface area contributed by atoms with E-state index in [1.807, 2.05) is 20.0 Å². The first kappa shape index (κ1) is 18.2. The fraction of sp³-hybridized carbons (Fsp3) is 0.364. The molecule has 136 valence electrons. The number of pyridine rings is 1. The molecule has 3 aromatic rings. The largest absolute Gasteiger partial charge is 0.340 e. The van der Waals surface area contributed by atoms with Crippen LogP contribution in [-0.2, 0) is 17.8 Å². The first-order valence-electron chi connectivity index (χ1n) is 9.34. The van der Waals surface area contributed by atoms with E-state index in [4.69, 9.17) is 4.98 Å². The molecule has 0 N–H and O–H groups in total. The third kappa shape index (κ3) is 3.64. The Balaban J connectivity index is 2.07. The number of amides is 1.